The molecule has 1 aromatic rings. The summed E-state index contributed by atoms with van der Waals surface area (Å²) in [5, 5.41) is 12.3. The standard InChI is InChI=1S/C13H14Cl2N2O4/c1-17(10-6-21-5-7(10)12(18)19)13(20)16-11-8(14)3-2-4-9(11)15/h2-4,7,10H,5-6H2,1H3,(H,16,20)(H,18,19). The van der Waals surface area contributed by atoms with Crippen molar-refractivity contribution in [2.24, 2.45) is 5.92 Å². The van der Waals surface area contributed by atoms with Crippen LogP contribution >= 0.6 is 23.2 Å². The lowest BCUT2D eigenvalue weighted by atomic mass is 10.0. The molecular weight excluding hydrogens is 319 g/mol. The first-order valence-corrected chi connectivity index (χ1v) is 6.95. The van der Waals surface area contributed by atoms with Crippen molar-refractivity contribution in [1.82, 2.24) is 4.90 Å². The molecule has 2 amide bonds. The monoisotopic (exact) mass is 332 g/mol. The largest absolute Gasteiger partial charge is 0.481 e. The number of carbonyl (C=O) groups excluding carboxylic acids is 1. The Morgan fingerprint density at radius 2 is 1.95 bits per heavy atom. The number of para-hydroxylation sites is 1. The number of halogens is 2. The lowest BCUT2D eigenvalue weighted by Crippen LogP contribution is -2.46. The van der Waals surface area contributed by atoms with Gasteiger partial charge in [0.25, 0.3) is 0 Å². The first-order chi connectivity index (χ1) is 9.91. The van der Waals surface area contributed by atoms with E-state index in [0.717, 1.165) is 0 Å². The van der Waals surface area contributed by atoms with Crippen LogP contribution in [0.5, 0.6) is 0 Å². The highest BCUT2D eigenvalue weighted by Gasteiger charge is 2.38. The Morgan fingerprint density at radius 3 is 2.52 bits per heavy atom. The van der Waals surface area contributed by atoms with E-state index < -0.39 is 24.0 Å². The predicted molar refractivity (Wildman–Crippen MR) is 79.0 cm³/mol. The molecule has 2 atom stereocenters. The summed E-state index contributed by atoms with van der Waals surface area (Å²) in [7, 11) is 1.51. The Bertz CT molecular complexity index is 547. The first kappa shape index (κ1) is 15.9. The first-order valence-electron chi connectivity index (χ1n) is 6.20. The molecule has 1 aliphatic rings. The number of nitrogens with zero attached hydrogens (tertiary/aromatic N) is 1. The number of rotatable bonds is 3. The van der Waals surface area contributed by atoms with Gasteiger partial charge in [-0.2, -0.15) is 0 Å². The summed E-state index contributed by atoms with van der Waals surface area (Å²) in [6.07, 6.45) is 0. The second-order valence-electron chi connectivity index (χ2n) is 4.69. The van der Waals surface area contributed by atoms with Crippen molar-refractivity contribution in [3.05, 3.63) is 28.2 Å². The highest BCUT2D eigenvalue weighted by atomic mass is 35.5. The molecule has 1 aromatic carbocycles. The maximum Gasteiger partial charge on any atom is 0.322 e. The molecule has 2 N–H and O–H groups in total. The molecule has 114 valence electrons. The topological polar surface area (TPSA) is 78.9 Å². The fourth-order valence-corrected chi connectivity index (χ4v) is 2.62. The number of carboxylic acid groups (broad SMARTS) is 1. The van der Waals surface area contributed by atoms with Crippen LogP contribution in [-0.2, 0) is 9.53 Å². The average Bonchev–Trinajstić information content (AvgIpc) is 2.91. The number of anilines is 1. The van der Waals surface area contributed by atoms with Crippen LogP contribution in [0, 0.1) is 5.92 Å². The quantitative estimate of drug-likeness (QED) is 0.891. The van der Waals surface area contributed by atoms with E-state index in [0.29, 0.717) is 15.7 Å². The van der Waals surface area contributed by atoms with E-state index in [-0.39, 0.29) is 13.2 Å². The number of hydrogen-bond acceptors (Lipinski definition) is 3. The summed E-state index contributed by atoms with van der Waals surface area (Å²) in [5.41, 5.74) is 0.295. The van der Waals surface area contributed by atoms with Crippen molar-refractivity contribution in [3.8, 4) is 0 Å². The van der Waals surface area contributed by atoms with E-state index in [1.54, 1.807) is 18.2 Å². The fraction of sp³-hybridized carbons (Fsp3) is 0.385. The molecule has 0 spiro atoms. The Hall–Kier alpha value is -1.50. The number of benzene rings is 1. The van der Waals surface area contributed by atoms with Gasteiger partial charge >= 0.3 is 12.0 Å². The molecule has 1 saturated heterocycles. The molecule has 1 fully saturated rings. The van der Waals surface area contributed by atoms with Gasteiger partial charge in [0.15, 0.2) is 0 Å². The van der Waals surface area contributed by atoms with Gasteiger partial charge in [0.05, 0.1) is 35.0 Å². The van der Waals surface area contributed by atoms with Crippen molar-refractivity contribution < 1.29 is 19.4 Å². The van der Waals surface area contributed by atoms with Gasteiger partial charge in [-0.1, -0.05) is 29.3 Å². The molecule has 0 saturated carbocycles. The molecule has 2 rings (SSSR count). The zero-order chi connectivity index (χ0) is 15.6. The van der Waals surface area contributed by atoms with Crippen molar-refractivity contribution in [2.45, 2.75) is 6.04 Å². The maximum atomic E-state index is 12.2. The molecule has 0 aromatic heterocycles. The Morgan fingerprint density at radius 1 is 1.33 bits per heavy atom. The molecule has 8 heteroatoms. The number of amides is 2. The minimum Gasteiger partial charge on any atom is -0.481 e. The average molecular weight is 333 g/mol. The smallest absolute Gasteiger partial charge is 0.322 e. The van der Waals surface area contributed by atoms with Gasteiger partial charge in [-0.15, -0.1) is 0 Å². The van der Waals surface area contributed by atoms with E-state index >= 15 is 0 Å². The number of carbonyl (C=O) groups is 2. The summed E-state index contributed by atoms with van der Waals surface area (Å²) in [5.74, 6) is -1.74. The zero-order valence-electron chi connectivity index (χ0n) is 11.2. The summed E-state index contributed by atoms with van der Waals surface area (Å²) in [6.45, 7) is 0.265. The van der Waals surface area contributed by atoms with Gasteiger partial charge in [0.1, 0.15) is 5.92 Å². The van der Waals surface area contributed by atoms with Gasteiger partial charge in [0, 0.05) is 7.05 Å². The maximum absolute atomic E-state index is 12.2. The fourth-order valence-electron chi connectivity index (χ4n) is 2.12. The van der Waals surface area contributed by atoms with Crippen LogP contribution in [0.25, 0.3) is 0 Å². The zero-order valence-corrected chi connectivity index (χ0v) is 12.7. The molecule has 2 unspecified atom stereocenters. The van der Waals surface area contributed by atoms with E-state index in [9.17, 15) is 9.59 Å². The Balaban J connectivity index is 2.11. The van der Waals surface area contributed by atoms with E-state index in [1.165, 1.54) is 11.9 Å². The third-order valence-corrected chi connectivity index (χ3v) is 4.01. The molecule has 21 heavy (non-hydrogen) atoms. The molecular formula is C13H14Cl2N2O4. The Kier molecular flexibility index (Phi) is 4.92. The van der Waals surface area contributed by atoms with Crippen LogP contribution in [0.4, 0.5) is 10.5 Å². The van der Waals surface area contributed by atoms with Gasteiger partial charge in [-0.3, -0.25) is 4.79 Å². The highest BCUT2D eigenvalue weighted by molar-refractivity contribution is 6.39. The molecule has 1 aliphatic heterocycles. The number of ether oxygens (including phenoxy) is 1. The lowest BCUT2D eigenvalue weighted by Gasteiger charge is -2.26. The van der Waals surface area contributed by atoms with Crippen LogP contribution < -0.4 is 5.32 Å². The van der Waals surface area contributed by atoms with Gasteiger partial charge in [-0.25, -0.2) is 4.79 Å². The van der Waals surface area contributed by atoms with Crippen LogP contribution in [-0.4, -0.2) is 48.3 Å². The van der Waals surface area contributed by atoms with Crippen molar-refractivity contribution >= 4 is 40.9 Å². The molecule has 6 nitrogen and oxygen atoms in total. The molecule has 0 aliphatic carbocycles. The van der Waals surface area contributed by atoms with Crippen molar-refractivity contribution in [2.75, 3.05) is 25.6 Å². The van der Waals surface area contributed by atoms with Gasteiger partial charge in [-0.05, 0) is 12.1 Å². The van der Waals surface area contributed by atoms with E-state index in [2.05, 4.69) is 5.32 Å². The van der Waals surface area contributed by atoms with Crippen LogP contribution in [0.15, 0.2) is 18.2 Å². The van der Waals surface area contributed by atoms with Crippen LogP contribution in [0.1, 0.15) is 0 Å². The summed E-state index contributed by atoms with van der Waals surface area (Å²) in [4.78, 5) is 24.6. The van der Waals surface area contributed by atoms with Crippen LogP contribution in [0.2, 0.25) is 10.0 Å². The third kappa shape index (κ3) is 3.40. The van der Waals surface area contributed by atoms with E-state index in [1.807, 2.05) is 0 Å². The number of nitrogens with one attached hydrogen (secondary N) is 1. The highest BCUT2D eigenvalue weighted by Crippen LogP contribution is 2.30. The third-order valence-electron chi connectivity index (χ3n) is 3.38. The summed E-state index contributed by atoms with van der Waals surface area (Å²) < 4.78 is 5.15. The van der Waals surface area contributed by atoms with Gasteiger partial charge in [0.2, 0.25) is 0 Å². The molecule has 0 radical (unpaired) electrons. The Labute approximate surface area is 131 Å². The lowest BCUT2D eigenvalue weighted by molar-refractivity contribution is -0.142. The number of likely N-dealkylation sites (N-methyl/N-ethyl adjacent to an activating group) is 1. The number of urea groups is 1. The second kappa shape index (κ2) is 6.51. The summed E-state index contributed by atoms with van der Waals surface area (Å²) in [6, 6.07) is 3.83. The SMILES string of the molecule is CN(C(=O)Nc1c(Cl)cccc1Cl)C1COCC1C(=O)O. The number of hydrogen-bond donors (Lipinski definition) is 2. The number of carboxylic acids is 1. The minimum absolute atomic E-state index is 0.0878. The molecule has 1 heterocycles. The van der Waals surface area contributed by atoms with Crippen molar-refractivity contribution in [1.29, 1.82) is 0 Å². The van der Waals surface area contributed by atoms with Crippen molar-refractivity contribution in [3.63, 3.8) is 0 Å². The molecule has 0 bridgehead atoms. The normalized spacial score (nSPS) is 21.1. The van der Waals surface area contributed by atoms with Gasteiger partial charge < -0.3 is 20.1 Å². The van der Waals surface area contributed by atoms with E-state index in [4.69, 9.17) is 33.0 Å². The predicted octanol–water partition coefficient (Wildman–Crippen LogP) is 2.56. The number of aliphatic carboxylic acids is 1. The second-order valence-corrected chi connectivity index (χ2v) is 5.50. The summed E-state index contributed by atoms with van der Waals surface area (Å²) >= 11 is 12.0. The minimum atomic E-state index is -0.993. The van der Waals surface area contributed by atoms with Crippen LogP contribution in [0.3, 0.4) is 0 Å².